The molecule has 0 saturated heterocycles. The number of Topliss-reactive ketones (excluding diaryl/α,β-unsaturated/α-hetero) is 1. The predicted molar refractivity (Wildman–Crippen MR) is 132 cm³/mol. The average molecular weight is 457 g/mol. The molecule has 3 heteroatoms. The molecule has 0 aromatic rings. The van der Waals surface area contributed by atoms with Gasteiger partial charge in [-0.3, -0.25) is 9.59 Å². The summed E-state index contributed by atoms with van der Waals surface area (Å²) >= 11 is 0. The number of ketones is 1. The van der Waals surface area contributed by atoms with Crippen LogP contribution in [-0.4, -0.2) is 16.9 Å². The lowest BCUT2D eigenvalue weighted by atomic mass is 9.32. The highest BCUT2D eigenvalue weighted by Crippen LogP contribution is 2.77. The molecule has 0 radical (unpaired) electrons. The van der Waals surface area contributed by atoms with Crippen LogP contribution in [0, 0.1) is 62.6 Å². The Morgan fingerprint density at radius 2 is 1.55 bits per heavy atom. The molecule has 186 valence electrons. The molecule has 3 nitrogen and oxygen atoms in total. The van der Waals surface area contributed by atoms with Crippen LogP contribution in [0.5, 0.6) is 0 Å². The Labute approximate surface area is 201 Å². The maximum Gasteiger partial charge on any atom is 0.306 e. The van der Waals surface area contributed by atoms with E-state index in [1.807, 2.05) is 6.92 Å². The summed E-state index contributed by atoms with van der Waals surface area (Å²) in [6.07, 6.45) is 11.7. The molecule has 5 rings (SSSR count). The number of carboxylic acid groups (broad SMARTS) is 1. The van der Waals surface area contributed by atoms with Gasteiger partial charge in [0.15, 0.2) is 0 Å². The van der Waals surface area contributed by atoms with E-state index in [0.717, 1.165) is 19.3 Å². The van der Waals surface area contributed by atoms with E-state index in [4.69, 9.17) is 0 Å². The van der Waals surface area contributed by atoms with Crippen molar-refractivity contribution < 1.29 is 14.7 Å². The first-order chi connectivity index (χ1) is 15.2. The van der Waals surface area contributed by atoms with E-state index in [1.54, 1.807) is 0 Å². The maximum atomic E-state index is 12.9. The van der Waals surface area contributed by atoms with Crippen LogP contribution in [0.15, 0.2) is 0 Å². The zero-order chi connectivity index (χ0) is 24.2. The monoisotopic (exact) mass is 456 g/mol. The molecule has 33 heavy (non-hydrogen) atoms. The molecule has 0 spiro atoms. The van der Waals surface area contributed by atoms with Gasteiger partial charge in [-0.25, -0.2) is 0 Å². The summed E-state index contributed by atoms with van der Waals surface area (Å²) < 4.78 is 0. The summed E-state index contributed by atoms with van der Waals surface area (Å²) in [5, 5.41) is 9.92. The second-order valence-corrected chi connectivity index (χ2v) is 14.8. The zero-order valence-electron chi connectivity index (χ0n) is 22.3. The number of fused-ring (bicyclic) bond motifs is 7. The van der Waals surface area contributed by atoms with E-state index in [2.05, 4.69) is 41.5 Å². The lowest BCUT2D eigenvalue weighted by Crippen LogP contribution is -2.66. The van der Waals surface area contributed by atoms with Crippen LogP contribution in [0.2, 0.25) is 0 Å². The van der Waals surface area contributed by atoms with E-state index in [-0.39, 0.29) is 22.2 Å². The minimum Gasteiger partial charge on any atom is -0.481 e. The van der Waals surface area contributed by atoms with Crippen molar-refractivity contribution in [1.82, 2.24) is 0 Å². The maximum absolute atomic E-state index is 12.9. The third-order valence-electron chi connectivity index (χ3n) is 13.7. The van der Waals surface area contributed by atoms with Crippen molar-refractivity contribution >= 4 is 11.8 Å². The first-order valence-electron chi connectivity index (χ1n) is 14.0. The topological polar surface area (TPSA) is 54.4 Å². The van der Waals surface area contributed by atoms with Gasteiger partial charge in [0, 0.05) is 11.8 Å². The van der Waals surface area contributed by atoms with E-state index >= 15 is 0 Å². The highest BCUT2D eigenvalue weighted by Gasteiger charge is 2.70. The number of carbonyl (C=O) groups excluding carboxylic acids is 1. The summed E-state index contributed by atoms with van der Waals surface area (Å²) in [5.74, 6) is 2.36. The van der Waals surface area contributed by atoms with Gasteiger partial charge in [0.2, 0.25) is 0 Å². The lowest BCUT2D eigenvalue weighted by molar-refractivity contribution is -0.234. The van der Waals surface area contributed by atoms with E-state index in [0.29, 0.717) is 46.2 Å². The van der Waals surface area contributed by atoms with E-state index in [1.165, 1.54) is 44.9 Å². The molecule has 5 aliphatic rings. The SMILES string of the molecule is C[C@@H](C(=O)O)[C@@H]1CC[C@]2(C)CC[C@]3(C)[C@H](CC[C@@H]4[C@@]5(C)CCC(=O)C(C)(C)[C@@H]5CC[C@]43C)[C@@H]12. The molecule has 5 aliphatic carbocycles. The molecule has 5 saturated carbocycles. The summed E-state index contributed by atoms with van der Waals surface area (Å²) in [4.78, 5) is 25.0. The van der Waals surface area contributed by atoms with Crippen LogP contribution in [0.3, 0.4) is 0 Å². The van der Waals surface area contributed by atoms with Gasteiger partial charge in [-0.1, -0.05) is 48.5 Å². The largest absolute Gasteiger partial charge is 0.481 e. The van der Waals surface area contributed by atoms with Crippen LogP contribution >= 0.6 is 0 Å². The van der Waals surface area contributed by atoms with Gasteiger partial charge < -0.3 is 5.11 Å². The molecule has 5 fully saturated rings. The molecular formula is C30H48O3. The molecule has 10 atom stereocenters. The molecular weight excluding hydrogens is 408 g/mol. The van der Waals surface area contributed by atoms with Gasteiger partial charge in [-0.15, -0.1) is 0 Å². The zero-order valence-corrected chi connectivity index (χ0v) is 22.3. The summed E-state index contributed by atoms with van der Waals surface area (Å²) in [6.45, 7) is 16.7. The van der Waals surface area contributed by atoms with Gasteiger partial charge in [0.25, 0.3) is 0 Å². The molecule has 1 N–H and O–H groups in total. The Balaban J connectivity index is 1.54. The number of carboxylic acids is 1. The average Bonchev–Trinajstić information content (AvgIpc) is 3.08. The minimum absolute atomic E-state index is 0.190. The second kappa shape index (κ2) is 7.10. The van der Waals surface area contributed by atoms with Crippen molar-refractivity contribution in [3.63, 3.8) is 0 Å². The predicted octanol–water partition coefficient (Wildman–Crippen LogP) is 7.38. The number of hydrogen-bond acceptors (Lipinski definition) is 2. The summed E-state index contributed by atoms with van der Waals surface area (Å²) in [5.41, 5.74) is 0.953. The molecule has 0 unspecified atom stereocenters. The lowest BCUT2D eigenvalue weighted by Gasteiger charge is -2.72. The van der Waals surface area contributed by atoms with Crippen molar-refractivity contribution in [2.24, 2.45) is 62.6 Å². The highest BCUT2D eigenvalue weighted by molar-refractivity contribution is 5.85. The Morgan fingerprint density at radius 3 is 2.21 bits per heavy atom. The van der Waals surface area contributed by atoms with Gasteiger partial charge in [-0.05, 0) is 109 Å². The number of aliphatic carboxylic acids is 1. The Hall–Kier alpha value is -0.860. The van der Waals surface area contributed by atoms with Crippen molar-refractivity contribution in [2.75, 3.05) is 0 Å². The van der Waals surface area contributed by atoms with Crippen molar-refractivity contribution in [1.29, 1.82) is 0 Å². The van der Waals surface area contributed by atoms with Gasteiger partial charge >= 0.3 is 5.97 Å². The van der Waals surface area contributed by atoms with Crippen molar-refractivity contribution in [3.05, 3.63) is 0 Å². The van der Waals surface area contributed by atoms with Crippen LogP contribution in [0.4, 0.5) is 0 Å². The molecule has 0 heterocycles. The first kappa shape index (κ1) is 23.9. The summed E-state index contributed by atoms with van der Waals surface area (Å²) in [6, 6.07) is 0. The molecule has 0 aromatic carbocycles. The molecule has 0 aromatic heterocycles. The number of carbonyl (C=O) groups is 2. The smallest absolute Gasteiger partial charge is 0.306 e. The highest BCUT2D eigenvalue weighted by atomic mass is 16.4. The quantitative estimate of drug-likeness (QED) is 0.471. The van der Waals surface area contributed by atoms with Gasteiger partial charge in [-0.2, -0.15) is 0 Å². The molecule has 0 bridgehead atoms. The van der Waals surface area contributed by atoms with Crippen LogP contribution in [0.25, 0.3) is 0 Å². The minimum atomic E-state index is -0.599. The summed E-state index contributed by atoms with van der Waals surface area (Å²) in [7, 11) is 0. The Morgan fingerprint density at radius 1 is 0.848 bits per heavy atom. The Kier molecular flexibility index (Phi) is 5.13. The third kappa shape index (κ3) is 2.86. The fourth-order valence-electron chi connectivity index (χ4n) is 11.5. The van der Waals surface area contributed by atoms with E-state index < -0.39 is 5.97 Å². The van der Waals surface area contributed by atoms with Crippen LogP contribution < -0.4 is 0 Å². The van der Waals surface area contributed by atoms with Crippen molar-refractivity contribution in [2.45, 2.75) is 113 Å². The number of rotatable bonds is 2. The van der Waals surface area contributed by atoms with Gasteiger partial charge in [0.05, 0.1) is 5.92 Å². The molecule has 0 aliphatic heterocycles. The van der Waals surface area contributed by atoms with E-state index in [9.17, 15) is 14.7 Å². The van der Waals surface area contributed by atoms with Crippen LogP contribution in [-0.2, 0) is 9.59 Å². The standard InChI is InChI=1S/C30H48O3/c1-18(25(32)33)19-10-13-27(4)16-17-29(6)20(24(19)27)8-9-22-28(5)14-12-23(31)26(2,3)21(28)11-15-30(22,29)7/h18-22,24H,8-17H2,1-7H3,(H,32,33)/t18-,19+,20-,21+,22-,24-,27-,28+,29-,30-/m1/s1. The molecule has 0 amide bonds. The third-order valence-corrected chi connectivity index (χ3v) is 13.7. The number of hydrogen-bond donors (Lipinski definition) is 1. The van der Waals surface area contributed by atoms with Crippen molar-refractivity contribution in [3.8, 4) is 0 Å². The first-order valence-corrected chi connectivity index (χ1v) is 14.0. The van der Waals surface area contributed by atoms with Crippen LogP contribution in [0.1, 0.15) is 113 Å². The van der Waals surface area contributed by atoms with Gasteiger partial charge in [0.1, 0.15) is 5.78 Å². The second-order valence-electron chi connectivity index (χ2n) is 14.8. The fourth-order valence-corrected chi connectivity index (χ4v) is 11.5. The Bertz CT molecular complexity index is 861. The fraction of sp³-hybridized carbons (Fsp3) is 0.933. The normalized spacial score (nSPS) is 53.9.